The Kier molecular flexibility index (Phi) is 8.45. The van der Waals surface area contributed by atoms with Crippen LogP contribution in [0.4, 0.5) is 0 Å². The summed E-state index contributed by atoms with van der Waals surface area (Å²) in [5.74, 6) is 3.52. The van der Waals surface area contributed by atoms with Gasteiger partial charge in [-0.15, -0.1) is 12.4 Å². The molecule has 1 atom stereocenters. The van der Waals surface area contributed by atoms with Crippen molar-refractivity contribution in [3.05, 3.63) is 23.8 Å². The smallest absolute Gasteiger partial charge is 0.221 e. The molecule has 1 aliphatic heterocycles. The molecule has 5 nitrogen and oxygen atoms in total. The van der Waals surface area contributed by atoms with Gasteiger partial charge < -0.3 is 20.1 Å². The number of amides is 1. The molecule has 0 radical (unpaired) electrons. The number of benzene rings is 1. The van der Waals surface area contributed by atoms with Gasteiger partial charge in [-0.2, -0.15) is 11.8 Å². The second kappa shape index (κ2) is 9.82. The van der Waals surface area contributed by atoms with E-state index in [4.69, 9.17) is 9.47 Å². The summed E-state index contributed by atoms with van der Waals surface area (Å²) in [6.45, 7) is 1.42. The minimum atomic E-state index is 0. The molecule has 0 bridgehead atoms. The zero-order valence-electron chi connectivity index (χ0n) is 12.9. The highest BCUT2D eigenvalue weighted by Crippen LogP contribution is 2.30. The molecule has 2 rings (SSSR count). The van der Waals surface area contributed by atoms with Gasteiger partial charge in [0.2, 0.25) is 5.91 Å². The first-order chi connectivity index (χ1) is 10.2. The fraction of sp³-hybridized carbons (Fsp3) is 0.533. The van der Waals surface area contributed by atoms with E-state index in [1.54, 1.807) is 14.2 Å². The number of hydrogen-bond acceptors (Lipinski definition) is 5. The minimum Gasteiger partial charge on any atom is -0.493 e. The van der Waals surface area contributed by atoms with Crippen LogP contribution in [0.5, 0.6) is 11.5 Å². The van der Waals surface area contributed by atoms with Crippen LogP contribution in [-0.2, 0) is 11.3 Å². The van der Waals surface area contributed by atoms with Crippen LogP contribution < -0.4 is 20.1 Å². The molecule has 0 aromatic heterocycles. The number of hydrogen-bond donors (Lipinski definition) is 2. The molecule has 1 saturated heterocycles. The first kappa shape index (κ1) is 18.9. The zero-order valence-corrected chi connectivity index (χ0v) is 14.5. The predicted molar refractivity (Wildman–Crippen MR) is 92.4 cm³/mol. The van der Waals surface area contributed by atoms with Crippen molar-refractivity contribution in [2.45, 2.75) is 19.0 Å². The monoisotopic (exact) mass is 346 g/mol. The Hall–Kier alpha value is -1.11. The average Bonchev–Trinajstić information content (AvgIpc) is 2.53. The number of ether oxygens (including phenoxy) is 2. The Bertz CT molecular complexity index is 482. The van der Waals surface area contributed by atoms with E-state index in [9.17, 15) is 4.79 Å². The lowest BCUT2D eigenvalue weighted by atomic mass is 10.1. The standard InChI is InChI=1S/C15H22N2O3S.ClH/c1-19-13-5-3-4-11(15(13)20-2)9-17-14(18)8-12-10-21-7-6-16-12;/h3-5,12,16H,6-10H2,1-2H3,(H,17,18);1H. The first-order valence-corrected chi connectivity index (χ1v) is 8.17. The van der Waals surface area contributed by atoms with Crippen LogP contribution in [0.2, 0.25) is 0 Å². The normalized spacial score (nSPS) is 17.3. The summed E-state index contributed by atoms with van der Waals surface area (Å²) in [7, 11) is 3.21. The van der Waals surface area contributed by atoms with E-state index in [1.807, 2.05) is 30.0 Å². The fourth-order valence-electron chi connectivity index (χ4n) is 2.33. The Morgan fingerprint density at radius 3 is 2.86 bits per heavy atom. The maximum Gasteiger partial charge on any atom is 0.221 e. The van der Waals surface area contributed by atoms with Crippen LogP contribution >= 0.6 is 24.2 Å². The zero-order chi connectivity index (χ0) is 15.1. The van der Waals surface area contributed by atoms with Crippen LogP contribution in [0.3, 0.4) is 0 Å². The molecule has 124 valence electrons. The second-order valence-electron chi connectivity index (χ2n) is 4.86. The molecule has 1 aliphatic rings. The van der Waals surface area contributed by atoms with Crippen LogP contribution in [-0.4, -0.2) is 44.2 Å². The van der Waals surface area contributed by atoms with E-state index in [0.29, 0.717) is 24.5 Å². The number of thioether (sulfide) groups is 1. The minimum absolute atomic E-state index is 0. The van der Waals surface area contributed by atoms with E-state index in [2.05, 4.69) is 10.6 Å². The highest BCUT2D eigenvalue weighted by atomic mass is 35.5. The van der Waals surface area contributed by atoms with Crippen molar-refractivity contribution >= 4 is 30.1 Å². The van der Waals surface area contributed by atoms with E-state index in [0.717, 1.165) is 23.6 Å². The number of nitrogens with one attached hydrogen (secondary N) is 2. The lowest BCUT2D eigenvalue weighted by Crippen LogP contribution is -2.41. The number of carbonyl (C=O) groups is 1. The fourth-order valence-corrected chi connectivity index (χ4v) is 3.28. The Morgan fingerprint density at radius 1 is 1.41 bits per heavy atom. The molecule has 1 fully saturated rings. The molecule has 1 heterocycles. The molecule has 0 spiro atoms. The Labute approximate surface area is 141 Å². The van der Waals surface area contributed by atoms with E-state index >= 15 is 0 Å². The Balaban J connectivity index is 0.00000242. The first-order valence-electron chi connectivity index (χ1n) is 7.02. The van der Waals surface area contributed by atoms with Gasteiger partial charge in [0.25, 0.3) is 0 Å². The summed E-state index contributed by atoms with van der Waals surface area (Å²) in [5.41, 5.74) is 0.913. The van der Waals surface area contributed by atoms with Gasteiger partial charge in [-0.3, -0.25) is 4.79 Å². The van der Waals surface area contributed by atoms with E-state index in [1.165, 1.54) is 0 Å². The van der Waals surface area contributed by atoms with Gasteiger partial charge in [-0.1, -0.05) is 12.1 Å². The van der Waals surface area contributed by atoms with Gasteiger partial charge in [-0.05, 0) is 6.07 Å². The molecular weight excluding hydrogens is 324 g/mol. The van der Waals surface area contributed by atoms with Crippen molar-refractivity contribution in [3.63, 3.8) is 0 Å². The highest BCUT2D eigenvalue weighted by molar-refractivity contribution is 7.99. The summed E-state index contributed by atoms with van der Waals surface area (Å²) in [5, 5.41) is 6.31. The number of rotatable bonds is 6. The Morgan fingerprint density at radius 2 is 2.23 bits per heavy atom. The maximum absolute atomic E-state index is 12.0. The van der Waals surface area contributed by atoms with Crippen molar-refractivity contribution in [1.29, 1.82) is 0 Å². The lowest BCUT2D eigenvalue weighted by molar-refractivity contribution is -0.121. The number of methoxy groups -OCH3 is 2. The van der Waals surface area contributed by atoms with Gasteiger partial charge >= 0.3 is 0 Å². The van der Waals surface area contributed by atoms with Crippen LogP contribution in [0.25, 0.3) is 0 Å². The van der Waals surface area contributed by atoms with E-state index in [-0.39, 0.29) is 24.4 Å². The predicted octanol–water partition coefficient (Wildman–Crippen LogP) is 1.84. The molecule has 1 unspecified atom stereocenters. The summed E-state index contributed by atoms with van der Waals surface area (Å²) in [6, 6.07) is 5.93. The van der Waals surface area contributed by atoms with E-state index < -0.39 is 0 Å². The maximum atomic E-state index is 12.0. The molecule has 1 aromatic rings. The summed E-state index contributed by atoms with van der Waals surface area (Å²) in [6.07, 6.45) is 0.513. The van der Waals surface area contributed by atoms with Gasteiger partial charge in [0, 0.05) is 42.6 Å². The highest BCUT2D eigenvalue weighted by Gasteiger charge is 2.17. The van der Waals surface area contributed by atoms with Gasteiger partial charge in [-0.25, -0.2) is 0 Å². The van der Waals surface area contributed by atoms with Crippen molar-refractivity contribution in [2.24, 2.45) is 0 Å². The van der Waals surface area contributed by atoms with Gasteiger partial charge in [0.1, 0.15) is 0 Å². The van der Waals surface area contributed by atoms with Crippen molar-refractivity contribution in [2.75, 3.05) is 32.3 Å². The van der Waals surface area contributed by atoms with Crippen LogP contribution in [0.15, 0.2) is 18.2 Å². The summed E-state index contributed by atoms with van der Waals surface area (Å²) < 4.78 is 10.6. The molecule has 22 heavy (non-hydrogen) atoms. The third-order valence-electron chi connectivity index (χ3n) is 3.39. The van der Waals surface area contributed by atoms with Gasteiger partial charge in [0.05, 0.1) is 14.2 Å². The topological polar surface area (TPSA) is 59.6 Å². The van der Waals surface area contributed by atoms with Crippen LogP contribution in [0, 0.1) is 0 Å². The largest absolute Gasteiger partial charge is 0.493 e. The third-order valence-corrected chi connectivity index (χ3v) is 4.52. The third kappa shape index (κ3) is 5.26. The molecular formula is C15H23ClN2O3S. The second-order valence-corrected chi connectivity index (χ2v) is 6.01. The van der Waals surface area contributed by atoms with Crippen LogP contribution in [0.1, 0.15) is 12.0 Å². The summed E-state index contributed by atoms with van der Waals surface area (Å²) >= 11 is 1.89. The van der Waals surface area contributed by atoms with Crippen molar-refractivity contribution < 1.29 is 14.3 Å². The van der Waals surface area contributed by atoms with Crippen molar-refractivity contribution in [3.8, 4) is 11.5 Å². The molecule has 7 heteroatoms. The van der Waals surface area contributed by atoms with Gasteiger partial charge in [0.15, 0.2) is 11.5 Å². The molecule has 0 saturated carbocycles. The summed E-state index contributed by atoms with van der Waals surface area (Å²) in [4.78, 5) is 12.0. The number of carbonyl (C=O) groups excluding carboxylic acids is 1. The van der Waals surface area contributed by atoms with Crippen molar-refractivity contribution in [1.82, 2.24) is 10.6 Å². The number of halogens is 1. The SMILES string of the molecule is COc1cccc(CNC(=O)CC2CSCCN2)c1OC.Cl. The molecule has 2 N–H and O–H groups in total. The quantitative estimate of drug-likeness (QED) is 0.823. The molecule has 0 aliphatic carbocycles. The molecule has 1 amide bonds. The lowest BCUT2D eigenvalue weighted by Gasteiger charge is -2.22. The molecule has 1 aromatic carbocycles. The number of para-hydroxylation sites is 1. The average molecular weight is 347 g/mol.